The number of hydrogen-bond acceptors (Lipinski definition) is 0. The Bertz CT molecular complexity index is 578. The van der Waals surface area contributed by atoms with Crippen LogP contribution < -0.4 is 0 Å². The molecule has 0 spiro atoms. The van der Waals surface area contributed by atoms with Crippen molar-refractivity contribution >= 4 is 0 Å². The zero-order valence-electron chi connectivity index (χ0n) is 21.5. The fourth-order valence-electron chi connectivity index (χ4n) is 3.34. The van der Waals surface area contributed by atoms with Crippen LogP contribution in [0.5, 0.6) is 0 Å². The number of allylic oxidation sites excluding steroid dienone is 12. The van der Waals surface area contributed by atoms with Crippen LogP contribution in [0, 0.1) is 0 Å². The molecule has 178 valence electrons. The van der Waals surface area contributed by atoms with Crippen LogP contribution in [0.1, 0.15) is 127 Å². The van der Waals surface area contributed by atoms with E-state index >= 15 is 0 Å². The molecule has 0 aliphatic rings. The second kappa shape index (κ2) is 20.3. The number of rotatable bonds is 15. The van der Waals surface area contributed by atoms with E-state index in [1.807, 2.05) is 0 Å². The molecule has 0 aliphatic carbocycles. The van der Waals surface area contributed by atoms with Crippen molar-refractivity contribution in [1.29, 1.82) is 0 Å². The normalized spacial score (nSPS) is 13.0. The SMILES string of the molecule is C.CC(C)=CCC/C(C)=C/CC/C(C)=C/CC/C=C(\C)CC/C=C(\C)CCC=C(C)C. The van der Waals surface area contributed by atoms with Gasteiger partial charge in [0.05, 0.1) is 0 Å². The van der Waals surface area contributed by atoms with E-state index in [0.29, 0.717) is 0 Å². The first-order valence-electron chi connectivity index (χ1n) is 12.1. The van der Waals surface area contributed by atoms with Crippen molar-refractivity contribution in [2.24, 2.45) is 0 Å². The van der Waals surface area contributed by atoms with Crippen molar-refractivity contribution in [1.82, 2.24) is 0 Å². The summed E-state index contributed by atoms with van der Waals surface area (Å²) in [5.74, 6) is 0. The van der Waals surface area contributed by atoms with Crippen LogP contribution in [0.15, 0.2) is 69.9 Å². The summed E-state index contributed by atoms with van der Waals surface area (Å²) >= 11 is 0. The molecule has 0 unspecified atom stereocenters. The van der Waals surface area contributed by atoms with E-state index in [-0.39, 0.29) is 7.43 Å². The summed E-state index contributed by atoms with van der Waals surface area (Å²) in [5, 5.41) is 0. The predicted molar refractivity (Wildman–Crippen MR) is 147 cm³/mol. The molecule has 0 amide bonds. The van der Waals surface area contributed by atoms with E-state index in [1.165, 1.54) is 97.6 Å². The predicted octanol–water partition coefficient (Wildman–Crippen LogP) is 11.2. The molecule has 0 aromatic rings. The fourth-order valence-corrected chi connectivity index (χ4v) is 3.34. The summed E-state index contributed by atoms with van der Waals surface area (Å²) in [4.78, 5) is 0. The molecule has 0 rings (SSSR count). The van der Waals surface area contributed by atoms with Crippen LogP contribution >= 0.6 is 0 Å². The van der Waals surface area contributed by atoms with Crippen molar-refractivity contribution in [2.45, 2.75) is 127 Å². The van der Waals surface area contributed by atoms with Gasteiger partial charge in [0.15, 0.2) is 0 Å². The van der Waals surface area contributed by atoms with Crippen LogP contribution in [-0.4, -0.2) is 0 Å². The Morgan fingerprint density at radius 2 is 0.581 bits per heavy atom. The smallest absolute Gasteiger partial charge is 0.0288 e. The van der Waals surface area contributed by atoms with Crippen LogP contribution in [-0.2, 0) is 0 Å². The molecular formula is C31H54. The maximum atomic E-state index is 2.43. The lowest BCUT2D eigenvalue weighted by Crippen LogP contribution is -1.82. The van der Waals surface area contributed by atoms with Gasteiger partial charge in [0.1, 0.15) is 0 Å². The molecule has 0 bridgehead atoms. The quantitative estimate of drug-likeness (QED) is 0.180. The molecule has 0 aromatic carbocycles. The van der Waals surface area contributed by atoms with Crippen LogP contribution in [0.25, 0.3) is 0 Å². The molecule has 0 fully saturated rings. The summed E-state index contributed by atoms with van der Waals surface area (Å²) in [6, 6.07) is 0. The Morgan fingerprint density at radius 3 is 0.839 bits per heavy atom. The average molecular weight is 427 g/mol. The number of unbranched alkanes of at least 4 members (excludes halogenated alkanes) is 1. The lowest BCUT2D eigenvalue weighted by Gasteiger charge is -2.02. The highest BCUT2D eigenvalue weighted by Gasteiger charge is 1.94. The Hall–Kier alpha value is -1.56. The van der Waals surface area contributed by atoms with Crippen LogP contribution in [0.4, 0.5) is 0 Å². The highest BCUT2D eigenvalue weighted by atomic mass is 14.0. The Balaban J connectivity index is 0. The summed E-state index contributed by atoms with van der Waals surface area (Å²) in [5.41, 5.74) is 8.97. The molecule has 0 nitrogen and oxygen atoms in total. The van der Waals surface area contributed by atoms with Gasteiger partial charge in [0.25, 0.3) is 0 Å². The molecule has 0 saturated carbocycles. The Labute approximate surface area is 197 Å². The van der Waals surface area contributed by atoms with Crippen molar-refractivity contribution in [3.63, 3.8) is 0 Å². The average Bonchev–Trinajstić information content (AvgIpc) is 2.64. The van der Waals surface area contributed by atoms with Gasteiger partial charge >= 0.3 is 0 Å². The molecule has 0 saturated heterocycles. The molecule has 0 heteroatoms. The first-order valence-corrected chi connectivity index (χ1v) is 12.1. The minimum atomic E-state index is 0. The van der Waals surface area contributed by atoms with Gasteiger partial charge in [-0.1, -0.05) is 77.3 Å². The van der Waals surface area contributed by atoms with Gasteiger partial charge in [-0.15, -0.1) is 0 Å². The third kappa shape index (κ3) is 22.9. The first kappa shape index (κ1) is 31.6. The van der Waals surface area contributed by atoms with Gasteiger partial charge in [0.2, 0.25) is 0 Å². The fraction of sp³-hybridized carbons (Fsp3) is 0.613. The van der Waals surface area contributed by atoms with Crippen molar-refractivity contribution in [3.05, 3.63) is 69.9 Å². The molecule has 0 aromatic heterocycles. The molecule has 0 N–H and O–H groups in total. The lowest BCUT2D eigenvalue weighted by molar-refractivity contribution is 0.896. The number of hydrogen-bond donors (Lipinski definition) is 0. The monoisotopic (exact) mass is 426 g/mol. The maximum absolute atomic E-state index is 2.43. The lowest BCUT2D eigenvalue weighted by atomic mass is 10.0. The minimum absolute atomic E-state index is 0. The van der Waals surface area contributed by atoms with Gasteiger partial charge in [-0.25, -0.2) is 0 Å². The molecule has 0 atom stereocenters. The molecule has 0 heterocycles. The molecule has 31 heavy (non-hydrogen) atoms. The second-order valence-corrected chi connectivity index (χ2v) is 9.50. The summed E-state index contributed by atoms with van der Waals surface area (Å²) in [6.07, 6.45) is 26.2. The van der Waals surface area contributed by atoms with Crippen molar-refractivity contribution in [3.8, 4) is 0 Å². The summed E-state index contributed by atoms with van der Waals surface area (Å²) in [6.45, 7) is 17.8. The Morgan fingerprint density at radius 1 is 0.355 bits per heavy atom. The van der Waals surface area contributed by atoms with E-state index in [1.54, 1.807) is 0 Å². The van der Waals surface area contributed by atoms with E-state index in [4.69, 9.17) is 0 Å². The topological polar surface area (TPSA) is 0 Å². The highest BCUT2D eigenvalue weighted by Crippen LogP contribution is 2.14. The summed E-state index contributed by atoms with van der Waals surface area (Å²) in [7, 11) is 0. The zero-order chi connectivity index (χ0) is 22.8. The minimum Gasteiger partial charge on any atom is -0.0856 e. The Kier molecular flexibility index (Phi) is 20.8. The largest absolute Gasteiger partial charge is 0.0856 e. The second-order valence-electron chi connectivity index (χ2n) is 9.50. The van der Waals surface area contributed by atoms with E-state index in [2.05, 4.69) is 91.8 Å². The van der Waals surface area contributed by atoms with Gasteiger partial charge in [0, 0.05) is 0 Å². The molecule has 0 radical (unpaired) electrons. The third-order valence-corrected chi connectivity index (χ3v) is 5.40. The highest BCUT2D eigenvalue weighted by molar-refractivity contribution is 5.08. The van der Waals surface area contributed by atoms with E-state index in [0.717, 1.165) is 0 Å². The standard InChI is InChI=1S/C30H50.CH4/c1-25(2)15-11-19-29(7)23-13-21-27(5)17-9-10-18-28(6)22-14-24-30(8)20-12-16-26(3)4;/h15-18,23-24H,9-14,19-22H2,1-8H3;1H4/b27-17+,28-18+,29-23+,30-24+;. The van der Waals surface area contributed by atoms with Crippen LogP contribution in [0.2, 0.25) is 0 Å². The van der Waals surface area contributed by atoms with E-state index in [9.17, 15) is 0 Å². The van der Waals surface area contributed by atoms with Gasteiger partial charge in [-0.3, -0.25) is 0 Å². The zero-order valence-corrected chi connectivity index (χ0v) is 21.5. The summed E-state index contributed by atoms with van der Waals surface area (Å²) < 4.78 is 0. The molecule has 0 aliphatic heterocycles. The maximum Gasteiger partial charge on any atom is -0.0288 e. The molecular weight excluding hydrogens is 372 g/mol. The van der Waals surface area contributed by atoms with E-state index < -0.39 is 0 Å². The van der Waals surface area contributed by atoms with Crippen molar-refractivity contribution < 1.29 is 0 Å². The van der Waals surface area contributed by atoms with Gasteiger partial charge in [-0.2, -0.15) is 0 Å². The third-order valence-electron chi connectivity index (χ3n) is 5.40. The van der Waals surface area contributed by atoms with Gasteiger partial charge < -0.3 is 0 Å². The van der Waals surface area contributed by atoms with Crippen molar-refractivity contribution in [2.75, 3.05) is 0 Å². The van der Waals surface area contributed by atoms with Gasteiger partial charge in [-0.05, 0) is 120 Å². The first-order chi connectivity index (χ1) is 14.2. The van der Waals surface area contributed by atoms with Crippen LogP contribution in [0.3, 0.4) is 0 Å².